The smallest absolute Gasteiger partial charge is 0.267 e. The van der Waals surface area contributed by atoms with Gasteiger partial charge in [0.15, 0.2) is 28.8 Å². The minimum absolute atomic E-state index is 0.0283. The minimum Gasteiger partial charge on any atom is -0.426 e. The monoisotopic (exact) mass is 400 g/mol. The molecule has 0 saturated heterocycles. The summed E-state index contributed by atoms with van der Waals surface area (Å²) < 4.78 is 6.79. The van der Waals surface area contributed by atoms with Gasteiger partial charge < -0.3 is 13.0 Å². The fourth-order valence-corrected chi connectivity index (χ4v) is 2.61. The van der Waals surface area contributed by atoms with Crippen LogP contribution in [0.5, 0.6) is 5.75 Å². The molecule has 0 atom stereocenters. The lowest BCUT2D eigenvalue weighted by Crippen LogP contribution is -2.43. The van der Waals surface area contributed by atoms with Gasteiger partial charge in [-0.15, -0.1) is 0 Å². The first-order chi connectivity index (χ1) is 9.76. The van der Waals surface area contributed by atoms with Crippen LogP contribution in [0.15, 0.2) is 29.1 Å². The molecule has 0 fully saturated rings. The number of aromatic nitrogens is 1. The number of carbonyl (C=O) groups excluding carboxylic acids is 1. The predicted molar refractivity (Wildman–Crippen MR) is 91.1 cm³/mol. The molecule has 5 nitrogen and oxygen atoms in total. The maximum Gasteiger partial charge on any atom is 0.267 e. The number of nitrogens with zero attached hydrogens (tertiary/aromatic N) is 1. The van der Waals surface area contributed by atoms with Crippen LogP contribution in [0, 0.1) is 0 Å². The Kier molecular flexibility index (Phi) is 4.27. The van der Waals surface area contributed by atoms with E-state index in [1.165, 1.54) is 4.57 Å². The van der Waals surface area contributed by atoms with Crippen LogP contribution in [0.4, 0.5) is 0 Å². The third-order valence-corrected chi connectivity index (χ3v) is 3.49. The van der Waals surface area contributed by atoms with Gasteiger partial charge in [0.05, 0.1) is 5.52 Å². The van der Waals surface area contributed by atoms with Crippen LogP contribution in [0.2, 0.25) is 0 Å². The molecule has 1 aromatic heterocycles. The maximum atomic E-state index is 12.5. The molecule has 1 N–H and O–H groups in total. The summed E-state index contributed by atoms with van der Waals surface area (Å²) in [5, 5.41) is 3.54. The first-order valence-corrected chi connectivity index (χ1v) is 7.37. The van der Waals surface area contributed by atoms with E-state index in [1.54, 1.807) is 30.1 Å². The summed E-state index contributed by atoms with van der Waals surface area (Å²) in [6, 6.07) is 7.34. The second kappa shape index (κ2) is 5.67. The summed E-state index contributed by atoms with van der Waals surface area (Å²) in [4.78, 5) is 25.0. The Morgan fingerprint density at radius 1 is 1.29 bits per heavy atom. The molecule has 0 spiro atoms. The molecule has 1 aromatic carbocycles. The molecule has 0 aliphatic carbocycles. The first-order valence-electron chi connectivity index (χ1n) is 6.49. The van der Waals surface area contributed by atoms with Gasteiger partial charge in [-0.1, -0.05) is 12.1 Å². The molecule has 6 heteroatoms. The first kappa shape index (κ1) is 15.8. The van der Waals surface area contributed by atoms with Gasteiger partial charge in [0, 0.05) is 18.0 Å². The van der Waals surface area contributed by atoms with Crippen molar-refractivity contribution in [3.05, 3.63) is 40.2 Å². The Balaban J connectivity index is 2.77. The molecule has 0 bridgehead atoms. The zero-order valence-electron chi connectivity index (χ0n) is 12.4. The van der Waals surface area contributed by atoms with Crippen LogP contribution in [0.3, 0.4) is 0 Å². The van der Waals surface area contributed by atoms with E-state index in [0.29, 0.717) is 5.75 Å². The zero-order valence-corrected chi connectivity index (χ0v) is 14.5. The van der Waals surface area contributed by atoms with Gasteiger partial charge in [0.25, 0.3) is 11.5 Å². The average molecular weight is 400 g/mol. The van der Waals surface area contributed by atoms with Crippen molar-refractivity contribution in [1.82, 2.24) is 9.88 Å². The quantitative estimate of drug-likeness (QED) is 0.789. The highest BCUT2D eigenvalue weighted by molar-refractivity contribution is 14.1. The van der Waals surface area contributed by atoms with Gasteiger partial charge in [-0.2, -0.15) is 0 Å². The number of benzene rings is 1. The Hall–Kier alpha value is -1.57. The van der Waals surface area contributed by atoms with E-state index < -0.39 is 11.4 Å². The Morgan fingerprint density at radius 2 is 1.90 bits per heavy atom. The van der Waals surface area contributed by atoms with E-state index in [1.807, 2.05) is 45.0 Å². The average Bonchev–Trinajstić information content (AvgIpc) is 2.40. The number of hydrogen-bond acceptors (Lipinski definition) is 3. The number of carbonyl (C=O) groups is 1. The number of aryl methyl sites for hydroxylation is 1. The second-order valence-corrected chi connectivity index (χ2v) is 6.31. The second-order valence-electron chi connectivity index (χ2n) is 5.87. The number of fused-ring (bicyclic) bond motifs is 1. The van der Waals surface area contributed by atoms with Crippen LogP contribution >= 0.6 is 23.0 Å². The number of amides is 1. The van der Waals surface area contributed by atoms with Crippen LogP contribution in [0.1, 0.15) is 31.1 Å². The van der Waals surface area contributed by atoms with Gasteiger partial charge in [0.1, 0.15) is 5.56 Å². The summed E-state index contributed by atoms with van der Waals surface area (Å²) in [5.74, 6) is -0.128. The van der Waals surface area contributed by atoms with E-state index in [0.717, 1.165) is 10.9 Å². The van der Waals surface area contributed by atoms with Crippen molar-refractivity contribution >= 4 is 39.8 Å². The fraction of sp³-hybridized carbons (Fsp3) is 0.333. The molecule has 0 unspecified atom stereocenters. The van der Waals surface area contributed by atoms with Crippen molar-refractivity contribution in [2.45, 2.75) is 26.3 Å². The SMILES string of the molecule is Cn1c(=O)c(C(=O)NC(C)(C)C)c(OI)c2ccccc21. The van der Waals surface area contributed by atoms with Crippen LogP contribution in [-0.2, 0) is 7.05 Å². The lowest BCUT2D eigenvalue weighted by atomic mass is 10.1. The lowest BCUT2D eigenvalue weighted by Gasteiger charge is -2.21. The van der Waals surface area contributed by atoms with Crippen molar-refractivity contribution in [1.29, 1.82) is 0 Å². The largest absolute Gasteiger partial charge is 0.426 e. The van der Waals surface area contributed by atoms with E-state index in [2.05, 4.69) is 5.32 Å². The number of rotatable bonds is 2. The molecule has 0 saturated carbocycles. The highest BCUT2D eigenvalue weighted by atomic mass is 127. The lowest BCUT2D eigenvalue weighted by molar-refractivity contribution is 0.0916. The van der Waals surface area contributed by atoms with E-state index in [-0.39, 0.29) is 11.1 Å². The summed E-state index contributed by atoms with van der Waals surface area (Å²) >= 11 is 1.70. The molecule has 1 amide bonds. The molecule has 2 aromatic rings. The summed E-state index contributed by atoms with van der Waals surface area (Å²) in [5.41, 5.74) is -0.0554. The Morgan fingerprint density at radius 3 is 2.48 bits per heavy atom. The van der Waals surface area contributed by atoms with Crippen molar-refractivity contribution in [2.75, 3.05) is 0 Å². The molecule has 112 valence electrons. The molecule has 21 heavy (non-hydrogen) atoms. The van der Waals surface area contributed by atoms with Gasteiger partial charge in [0.2, 0.25) is 0 Å². The topological polar surface area (TPSA) is 60.3 Å². The maximum absolute atomic E-state index is 12.5. The highest BCUT2D eigenvalue weighted by Crippen LogP contribution is 2.29. The van der Waals surface area contributed by atoms with Gasteiger partial charge in [-0.05, 0) is 32.9 Å². The zero-order chi connectivity index (χ0) is 15.8. The number of pyridine rings is 1. The molecular weight excluding hydrogens is 383 g/mol. The summed E-state index contributed by atoms with van der Waals surface area (Å²) in [6.07, 6.45) is 0. The van der Waals surface area contributed by atoms with E-state index in [9.17, 15) is 9.59 Å². The Labute approximate surface area is 137 Å². The van der Waals surface area contributed by atoms with Crippen molar-refractivity contribution in [3.8, 4) is 5.75 Å². The number of halogens is 1. The van der Waals surface area contributed by atoms with Crippen LogP contribution < -0.4 is 13.9 Å². The van der Waals surface area contributed by atoms with E-state index in [4.69, 9.17) is 3.07 Å². The Bertz CT molecular complexity index is 760. The van der Waals surface area contributed by atoms with Crippen LogP contribution in [-0.4, -0.2) is 16.0 Å². The number of para-hydroxylation sites is 1. The summed E-state index contributed by atoms with van der Waals surface area (Å²) in [7, 11) is 1.65. The third kappa shape index (κ3) is 3.04. The van der Waals surface area contributed by atoms with Crippen LogP contribution in [0.25, 0.3) is 10.9 Å². The minimum atomic E-state index is -0.434. The van der Waals surface area contributed by atoms with E-state index >= 15 is 0 Å². The van der Waals surface area contributed by atoms with Crippen molar-refractivity contribution in [3.63, 3.8) is 0 Å². The van der Waals surface area contributed by atoms with Gasteiger partial charge >= 0.3 is 0 Å². The standard InChI is InChI=1S/C15H17IN2O3/c1-15(2,3)17-13(19)11-12(21-16)9-7-5-6-8-10(9)18(4)14(11)20/h5-8H,1-4H3,(H,17,19). The fourth-order valence-electron chi connectivity index (χ4n) is 2.15. The molecule has 2 rings (SSSR count). The van der Waals surface area contributed by atoms with Gasteiger partial charge in [-0.3, -0.25) is 9.59 Å². The molecular formula is C15H17IN2O3. The van der Waals surface area contributed by atoms with Crippen molar-refractivity contribution in [2.24, 2.45) is 7.05 Å². The predicted octanol–water partition coefficient (Wildman–Crippen LogP) is 2.80. The molecule has 1 heterocycles. The number of hydrogen-bond donors (Lipinski definition) is 1. The number of nitrogens with one attached hydrogen (secondary N) is 1. The highest BCUT2D eigenvalue weighted by Gasteiger charge is 2.25. The molecule has 0 aliphatic rings. The van der Waals surface area contributed by atoms with Crippen molar-refractivity contribution < 1.29 is 7.86 Å². The molecule has 0 radical (unpaired) electrons. The van der Waals surface area contributed by atoms with Gasteiger partial charge in [-0.25, -0.2) is 0 Å². The normalized spacial score (nSPS) is 11.5. The summed E-state index contributed by atoms with van der Waals surface area (Å²) in [6.45, 7) is 5.59. The molecule has 0 aliphatic heterocycles. The third-order valence-electron chi connectivity index (χ3n) is 3.05.